The van der Waals surface area contributed by atoms with E-state index in [0.717, 1.165) is 24.7 Å². The molecular formula is C49H58O6. The zero-order chi connectivity index (χ0) is 38.7. The lowest BCUT2D eigenvalue weighted by molar-refractivity contribution is 0.0694. The van der Waals surface area contributed by atoms with Gasteiger partial charge in [0.1, 0.15) is 11.5 Å². The topological polar surface area (TPSA) is 101 Å². The Morgan fingerprint density at radius 3 is 1.67 bits per heavy atom. The first-order valence-corrected chi connectivity index (χ1v) is 20.9. The van der Waals surface area contributed by atoms with Gasteiger partial charge in [0.05, 0.1) is 16.7 Å². The number of carbonyl (C=O) groups is 3. The van der Waals surface area contributed by atoms with E-state index in [9.17, 15) is 24.6 Å². The number of benzene rings is 4. The number of ether oxygens (including phenoxy) is 1. The average molecular weight is 743 g/mol. The van der Waals surface area contributed by atoms with Gasteiger partial charge in [-0.25, -0.2) is 9.59 Å². The van der Waals surface area contributed by atoms with Crippen LogP contribution in [0.5, 0.6) is 11.5 Å². The van der Waals surface area contributed by atoms with Crippen LogP contribution in [0.25, 0.3) is 11.1 Å². The first kappa shape index (κ1) is 40.0. The van der Waals surface area contributed by atoms with E-state index in [1.54, 1.807) is 30.3 Å². The van der Waals surface area contributed by atoms with Crippen LogP contribution >= 0.6 is 0 Å². The van der Waals surface area contributed by atoms with Crippen molar-refractivity contribution < 1.29 is 29.3 Å². The van der Waals surface area contributed by atoms with Gasteiger partial charge in [-0.15, -0.1) is 0 Å². The fourth-order valence-corrected chi connectivity index (χ4v) is 8.96. The molecule has 6 rings (SSSR count). The molecule has 2 saturated carbocycles. The Kier molecular flexibility index (Phi) is 14.0. The maximum absolute atomic E-state index is 13.5. The summed E-state index contributed by atoms with van der Waals surface area (Å²) in [6, 6.07) is 24.5. The number of aromatic carboxylic acids is 1. The van der Waals surface area contributed by atoms with Crippen molar-refractivity contribution in [3.05, 3.63) is 118 Å². The molecule has 0 amide bonds. The molecule has 0 radical (unpaired) electrons. The molecule has 290 valence electrons. The highest BCUT2D eigenvalue weighted by molar-refractivity contribution is 6.11. The Morgan fingerprint density at radius 2 is 1.13 bits per heavy atom. The number of rotatable bonds is 16. The third-order valence-corrected chi connectivity index (χ3v) is 12.4. The van der Waals surface area contributed by atoms with Gasteiger partial charge < -0.3 is 14.9 Å². The molecule has 0 unspecified atom stereocenters. The van der Waals surface area contributed by atoms with Crippen LogP contribution in [0, 0.1) is 11.8 Å². The molecule has 55 heavy (non-hydrogen) atoms. The van der Waals surface area contributed by atoms with E-state index >= 15 is 0 Å². The lowest BCUT2D eigenvalue weighted by atomic mass is 9.76. The molecule has 2 fully saturated rings. The summed E-state index contributed by atoms with van der Waals surface area (Å²) < 4.78 is 5.58. The molecule has 6 nitrogen and oxygen atoms in total. The zero-order valence-corrected chi connectivity index (χ0v) is 32.7. The molecule has 2 N–H and O–H groups in total. The molecule has 4 aromatic carbocycles. The van der Waals surface area contributed by atoms with Gasteiger partial charge in [0.25, 0.3) is 0 Å². The van der Waals surface area contributed by atoms with Crippen molar-refractivity contribution in [1.29, 1.82) is 0 Å². The molecule has 2 aliphatic rings. The number of hydrogen-bond donors (Lipinski definition) is 2. The van der Waals surface area contributed by atoms with Crippen molar-refractivity contribution in [2.45, 2.75) is 128 Å². The standard InChI is InChI=1S/C49H58O6/c1-3-5-7-9-33-11-15-35(16-12-33)36-19-25-40(26-20-36)49(54)55-42-28-30-44(46(50)32-42)47(51)39-23-21-38(22-24-39)45-31-41(27-29-43(45)48(52)53)37-17-13-34(14-18-37)10-8-6-4-2/h19-35,37,50H,3-18H2,1-2H3,(H,52,53). The lowest BCUT2D eigenvalue weighted by Crippen LogP contribution is -2.14. The number of hydrogen-bond acceptors (Lipinski definition) is 5. The minimum Gasteiger partial charge on any atom is -0.507 e. The smallest absolute Gasteiger partial charge is 0.343 e. The van der Waals surface area contributed by atoms with E-state index in [0.29, 0.717) is 34.1 Å². The monoisotopic (exact) mass is 742 g/mol. The molecule has 0 saturated heterocycles. The SMILES string of the molecule is CCCCCC1CCC(c2ccc(C(=O)Oc3ccc(C(=O)c4ccc(-c5cc(C6CCC(CCCCC)CC6)ccc5C(=O)O)cc4)c(O)c3)cc2)CC1. The fraction of sp³-hybridized carbons (Fsp3) is 0.449. The number of carboxylic acids is 1. The number of phenolic OH excluding ortho intramolecular Hbond substituents is 1. The summed E-state index contributed by atoms with van der Waals surface area (Å²) in [6.07, 6.45) is 20.0. The van der Waals surface area contributed by atoms with E-state index in [1.807, 2.05) is 36.4 Å². The quantitative estimate of drug-likeness (QED) is 0.0513. The Hall–Kier alpha value is -4.71. The van der Waals surface area contributed by atoms with Crippen LogP contribution in [0.2, 0.25) is 0 Å². The van der Waals surface area contributed by atoms with Gasteiger partial charge in [-0.2, -0.15) is 0 Å². The Bertz CT molecular complexity index is 1890. The molecule has 2 aliphatic carbocycles. The van der Waals surface area contributed by atoms with Gasteiger partial charge in [0, 0.05) is 11.6 Å². The molecule has 0 spiro atoms. The number of ketones is 1. The first-order chi connectivity index (χ1) is 26.7. The fourth-order valence-electron chi connectivity index (χ4n) is 8.96. The Balaban J connectivity index is 1.06. The van der Waals surface area contributed by atoms with Crippen molar-refractivity contribution in [3.8, 4) is 22.6 Å². The van der Waals surface area contributed by atoms with Crippen molar-refractivity contribution >= 4 is 17.7 Å². The number of phenols is 1. The van der Waals surface area contributed by atoms with Crippen LogP contribution < -0.4 is 4.74 Å². The van der Waals surface area contributed by atoms with Crippen LogP contribution in [0.15, 0.2) is 84.9 Å². The van der Waals surface area contributed by atoms with Gasteiger partial charge in [-0.3, -0.25) is 4.79 Å². The molecule has 6 heteroatoms. The number of esters is 1. The predicted octanol–water partition coefficient (Wildman–Crippen LogP) is 12.9. The Morgan fingerprint density at radius 1 is 0.600 bits per heavy atom. The van der Waals surface area contributed by atoms with Crippen LogP contribution in [-0.2, 0) is 0 Å². The van der Waals surface area contributed by atoms with E-state index in [2.05, 4.69) is 13.8 Å². The number of carboxylic acid groups (broad SMARTS) is 1. The van der Waals surface area contributed by atoms with Crippen LogP contribution in [-0.4, -0.2) is 27.9 Å². The molecule has 0 bridgehead atoms. The van der Waals surface area contributed by atoms with Crippen molar-refractivity contribution in [3.63, 3.8) is 0 Å². The largest absolute Gasteiger partial charge is 0.507 e. The molecule has 0 aliphatic heterocycles. The zero-order valence-electron chi connectivity index (χ0n) is 32.7. The van der Waals surface area contributed by atoms with Crippen molar-refractivity contribution in [2.24, 2.45) is 11.8 Å². The van der Waals surface area contributed by atoms with Gasteiger partial charge in [-0.05, 0) is 128 Å². The second-order valence-corrected chi connectivity index (χ2v) is 16.1. The summed E-state index contributed by atoms with van der Waals surface area (Å²) in [5, 5.41) is 20.9. The predicted molar refractivity (Wildman–Crippen MR) is 219 cm³/mol. The average Bonchev–Trinajstić information content (AvgIpc) is 3.21. The third-order valence-electron chi connectivity index (χ3n) is 12.4. The van der Waals surface area contributed by atoms with E-state index in [-0.39, 0.29) is 22.6 Å². The maximum Gasteiger partial charge on any atom is 0.343 e. The van der Waals surface area contributed by atoms with Gasteiger partial charge >= 0.3 is 11.9 Å². The second-order valence-electron chi connectivity index (χ2n) is 16.1. The highest BCUT2D eigenvalue weighted by atomic mass is 16.5. The number of carbonyl (C=O) groups excluding carboxylic acids is 2. The summed E-state index contributed by atoms with van der Waals surface area (Å²) in [5.41, 5.74) is 4.87. The summed E-state index contributed by atoms with van der Waals surface area (Å²) in [7, 11) is 0. The molecule has 0 aromatic heterocycles. The Labute approximate surface area is 327 Å². The maximum atomic E-state index is 13.5. The summed E-state index contributed by atoms with van der Waals surface area (Å²) in [5.74, 6) is 0.515. The molecule has 0 heterocycles. The van der Waals surface area contributed by atoms with Gasteiger partial charge in [-0.1, -0.05) is 114 Å². The summed E-state index contributed by atoms with van der Waals surface area (Å²) >= 11 is 0. The highest BCUT2D eigenvalue weighted by Crippen LogP contribution is 2.40. The first-order valence-electron chi connectivity index (χ1n) is 20.9. The van der Waals surface area contributed by atoms with Crippen LogP contribution in [0.4, 0.5) is 0 Å². The highest BCUT2D eigenvalue weighted by Gasteiger charge is 2.25. The van der Waals surface area contributed by atoms with E-state index in [4.69, 9.17) is 4.74 Å². The third kappa shape index (κ3) is 10.3. The molecule has 0 atom stereocenters. The van der Waals surface area contributed by atoms with Gasteiger partial charge in [0.15, 0.2) is 5.78 Å². The minimum absolute atomic E-state index is 0.0792. The van der Waals surface area contributed by atoms with E-state index < -0.39 is 17.7 Å². The van der Waals surface area contributed by atoms with Crippen molar-refractivity contribution in [1.82, 2.24) is 0 Å². The minimum atomic E-state index is -0.991. The van der Waals surface area contributed by atoms with E-state index in [1.165, 1.54) is 119 Å². The second kappa shape index (κ2) is 19.2. The number of unbranched alkanes of at least 4 members (excludes halogenated alkanes) is 4. The molecular weight excluding hydrogens is 685 g/mol. The summed E-state index contributed by atoms with van der Waals surface area (Å²) in [4.78, 5) is 38.7. The van der Waals surface area contributed by atoms with Crippen LogP contribution in [0.3, 0.4) is 0 Å². The summed E-state index contributed by atoms with van der Waals surface area (Å²) in [6.45, 7) is 4.49. The van der Waals surface area contributed by atoms with Crippen molar-refractivity contribution in [2.75, 3.05) is 0 Å². The molecule has 4 aromatic rings. The lowest BCUT2D eigenvalue weighted by Gasteiger charge is -2.29. The van der Waals surface area contributed by atoms with Crippen LogP contribution in [0.1, 0.15) is 176 Å². The number of aromatic hydroxyl groups is 1. The van der Waals surface area contributed by atoms with Gasteiger partial charge in [0.2, 0.25) is 0 Å². The normalized spacial score (nSPS) is 19.8.